The number of aliphatic hydroxyl groups is 1. The lowest BCUT2D eigenvalue weighted by atomic mass is 10.1. The van der Waals surface area contributed by atoms with Crippen LogP contribution in [0, 0.1) is 6.92 Å². The molecule has 0 radical (unpaired) electrons. The lowest BCUT2D eigenvalue weighted by Gasteiger charge is -2.29. The van der Waals surface area contributed by atoms with Gasteiger partial charge in [-0.3, -0.25) is 4.79 Å². The van der Waals surface area contributed by atoms with Crippen LogP contribution in [0.1, 0.15) is 24.5 Å². The molecule has 0 aliphatic carbocycles. The molecule has 0 spiro atoms. The van der Waals surface area contributed by atoms with Gasteiger partial charge in [0.15, 0.2) is 0 Å². The van der Waals surface area contributed by atoms with E-state index in [2.05, 4.69) is 43.4 Å². The first kappa shape index (κ1) is 14.0. The zero-order chi connectivity index (χ0) is 13.8. The van der Waals surface area contributed by atoms with E-state index < -0.39 is 6.04 Å². The van der Waals surface area contributed by atoms with E-state index in [4.69, 9.17) is 0 Å². The minimum Gasteiger partial charge on any atom is -0.394 e. The summed E-state index contributed by atoms with van der Waals surface area (Å²) < 4.78 is 0. The molecule has 0 bridgehead atoms. The molecule has 1 aliphatic heterocycles. The number of hydrogen-bond acceptors (Lipinski definition) is 3. The molecule has 19 heavy (non-hydrogen) atoms. The number of nitrogens with one attached hydrogen (secondary N) is 1. The van der Waals surface area contributed by atoms with Crippen molar-refractivity contribution in [3.8, 4) is 0 Å². The molecule has 1 aromatic carbocycles. The third kappa shape index (κ3) is 3.33. The van der Waals surface area contributed by atoms with Crippen LogP contribution in [0.25, 0.3) is 0 Å². The number of rotatable bonds is 3. The van der Waals surface area contributed by atoms with Crippen LogP contribution in [-0.2, 0) is 11.3 Å². The van der Waals surface area contributed by atoms with Gasteiger partial charge in [-0.05, 0) is 32.4 Å². The van der Waals surface area contributed by atoms with E-state index in [9.17, 15) is 9.90 Å². The molecule has 2 atom stereocenters. The Morgan fingerprint density at radius 1 is 1.37 bits per heavy atom. The van der Waals surface area contributed by atoms with Gasteiger partial charge in [0.2, 0.25) is 5.91 Å². The average molecular weight is 262 g/mol. The summed E-state index contributed by atoms with van der Waals surface area (Å²) in [7, 11) is 0. The summed E-state index contributed by atoms with van der Waals surface area (Å²) in [6, 6.07) is 7.96. The van der Waals surface area contributed by atoms with Crippen molar-refractivity contribution >= 4 is 5.91 Å². The van der Waals surface area contributed by atoms with E-state index in [1.807, 2.05) is 4.90 Å². The summed E-state index contributed by atoms with van der Waals surface area (Å²) in [5.41, 5.74) is 2.35. The van der Waals surface area contributed by atoms with Gasteiger partial charge in [0.05, 0.1) is 6.61 Å². The van der Waals surface area contributed by atoms with Crippen LogP contribution in [0.2, 0.25) is 0 Å². The Morgan fingerprint density at radius 2 is 2.05 bits per heavy atom. The lowest BCUT2D eigenvalue weighted by molar-refractivity contribution is -0.136. The summed E-state index contributed by atoms with van der Waals surface area (Å²) in [5, 5.41) is 12.4. The SMILES string of the molecule is Cc1ccc(CN2C(=O)C(CO)NCCC2C)cc1. The first-order chi connectivity index (χ1) is 9.11. The maximum atomic E-state index is 12.4. The summed E-state index contributed by atoms with van der Waals surface area (Å²) >= 11 is 0. The minimum atomic E-state index is -0.463. The fourth-order valence-corrected chi connectivity index (χ4v) is 2.39. The van der Waals surface area contributed by atoms with Crippen LogP contribution in [0.15, 0.2) is 24.3 Å². The number of benzene rings is 1. The predicted molar refractivity (Wildman–Crippen MR) is 74.7 cm³/mol. The number of carbonyl (C=O) groups excluding carboxylic acids is 1. The molecule has 1 saturated heterocycles. The molecule has 1 aromatic rings. The molecule has 1 fully saturated rings. The van der Waals surface area contributed by atoms with Gasteiger partial charge in [0.1, 0.15) is 6.04 Å². The largest absolute Gasteiger partial charge is 0.394 e. The van der Waals surface area contributed by atoms with E-state index in [0.29, 0.717) is 6.54 Å². The number of aliphatic hydroxyl groups excluding tert-OH is 1. The van der Waals surface area contributed by atoms with Crippen LogP contribution < -0.4 is 5.32 Å². The molecule has 1 heterocycles. The van der Waals surface area contributed by atoms with Crippen molar-refractivity contribution in [3.05, 3.63) is 35.4 Å². The molecular weight excluding hydrogens is 240 g/mol. The van der Waals surface area contributed by atoms with Gasteiger partial charge in [0, 0.05) is 12.6 Å². The highest BCUT2D eigenvalue weighted by atomic mass is 16.3. The molecule has 1 aliphatic rings. The van der Waals surface area contributed by atoms with Crippen molar-refractivity contribution in [3.63, 3.8) is 0 Å². The highest BCUT2D eigenvalue weighted by Crippen LogP contribution is 2.15. The Morgan fingerprint density at radius 3 is 2.68 bits per heavy atom. The second-order valence-corrected chi connectivity index (χ2v) is 5.28. The molecule has 1 amide bonds. The lowest BCUT2D eigenvalue weighted by Crippen LogP contribution is -2.47. The van der Waals surface area contributed by atoms with Gasteiger partial charge in [-0.2, -0.15) is 0 Å². The predicted octanol–water partition coefficient (Wildman–Crippen LogP) is 1.07. The zero-order valence-electron chi connectivity index (χ0n) is 11.6. The van der Waals surface area contributed by atoms with Crippen LogP contribution in [0.3, 0.4) is 0 Å². The number of aryl methyl sites for hydroxylation is 1. The second kappa shape index (κ2) is 6.17. The molecule has 104 valence electrons. The molecule has 0 saturated carbocycles. The Balaban J connectivity index is 2.14. The molecule has 2 unspecified atom stereocenters. The molecule has 0 aromatic heterocycles. The summed E-state index contributed by atoms with van der Waals surface area (Å²) in [6.07, 6.45) is 0.911. The van der Waals surface area contributed by atoms with Crippen LogP contribution in [0.4, 0.5) is 0 Å². The smallest absolute Gasteiger partial charge is 0.242 e. The first-order valence-electron chi connectivity index (χ1n) is 6.82. The van der Waals surface area contributed by atoms with E-state index in [1.54, 1.807) is 0 Å². The molecular formula is C15H22N2O2. The number of hydrogen-bond donors (Lipinski definition) is 2. The number of amides is 1. The maximum Gasteiger partial charge on any atom is 0.242 e. The van der Waals surface area contributed by atoms with Gasteiger partial charge in [-0.1, -0.05) is 29.8 Å². The molecule has 2 rings (SSSR count). The highest BCUT2D eigenvalue weighted by Gasteiger charge is 2.29. The summed E-state index contributed by atoms with van der Waals surface area (Å²) in [4.78, 5) is 14.2. The van der Waals surface area contributed by atoms with Crippen molar-refractivity contribution in [1.29, 1.82) is 0 Å². The van der Waals surface area contributed by atoms with Gasteiger partial charge in [-0.25, -0.2) is 0 Å². The van der Waals surface area contributed by atoms with E-state index in [0.717, 1.165) is 18.5 Å². The normalized spacial score (nSPS) is 24.4. The van der Waals surface area contributed by atoms with Crippen molar-refractivity contribution in [2.24, 2.45) is 0 Å². The van der Waals surface area contributed by atoms with Gasteiger partial charge >= 0.3 is 0 Å². The van der Waals surface area contributed by atoms with Gasteiger partial charge in [0.25, 0.3) is 0 Å². The van der Waals surface area contributed by atoms with Crippen molar-refractivity contribution in [2.75, 3.05) is 13.2 Å². The average Bonchev–Trinajstić information content (AvgIpc) is 2.54. The van der Waals surface area contributed by atoms with Crippen LogP contribution >= 0.6 is 0 Å². The Labute approximate surface area is 114 Å². The third-order valence-corrected chi connectivity index (χ3v) is 3.72. The van der Waals surface area contributed by atoms with Crippen molar-refractivity contribution in [2.45, 2.75) is 38.9 Å². The molecule has 4 heteroatoms. The number of carbonyl (C=O) groups is 1. The van der Waals surface area contributed by atoms with E-state index in [1.165, 1.54) is 5.56 Å². The van der Waals surface area contributed by atoms with Crippen LogP contribution in [0.5, 0.6) is 0 Å². The second-order valence-electron chi connectivity index (χ2n) is 5.28. The maximum absolute atomic E-state index is 12.4. The Hall–Kier alpha value is -1.39. The molecule has 2 N–H and O–H groups in total. The monoisotopic (exact) mass is 262 g/mol. The Kier molecular flexibility index (Phi) is 4.56. The van der Waals surface area contributed by atoms with Crippen LogP contribution in [-0.4, -0.2) is 41.1 Å². The van der Waals surface area contributed by atoms with Crippen molar-refractivity contribution in [1.82, 2.24) is 10.2 Å². The van der Waals surface area contributed by atoms with Crippen molar-refractivity contribution < 1.29 is 9.90 Å². The fourth-order valence-electron chi connectivity index (χ4n) is 2.39. The standard InChI is InChI=1S/C15H22N2O2/c1-11-3-5-13(6-4-11)9-17-12(2)7-8-16-14(10-18)15(17)19/h3-6,12,14,16,18H,7-10H2,1-2H3. The summed E-state index contributed by atoms with van der Waals surface area (Å²) in [6.45, 7) is 5.35. The third-order valence-electron chi connectivity index (χ3n) is 3.72. The Bertz CT molecular complexity index is 430. The van der Waals surface area contributed by atoms with E-state index in [-0.39, 0.29) is 18.6 Å². The summed E-state index contributed by atoms with van der Waals surface area (Å²) in [5.74, 6) is -0.00641. The van der Waals surface area contributed by atoms with Gasteiger partial charge < -0.3 is 15.3 Å². The minimum absolute atomic E-state index is 0.00641. The first-order valence-corrected chi connectivity index (χ1v) is 6.82. The number of nitrogens with zero attached hydrogens (tertiary/aromatic N) is 1. The molecule has 4 nitrogen and oxygen atoms in total. The van der Waals surface area contributed by atoms with E-state index >= 15 is 0 Å². The highest BCUT2D eigenvalue weighted by molar-refractivity contribution is 5.82. The van der Waals surface area contributed by atoms with Gasteiger partial charge in [-0.15, -0.1) is 0 Å². The quantitative estimate of drug-likeness (QED) is 0.856. The topological polar surface area (TPSA) is 52.6 Å². The fraction of sp³-hybridized carbons (Fsp3) is 0.533. The zero-order valence-corrected chi connectivity index (χ0v) is 11.6.